The topological polar surface area (TPSA) is 49.8 Å². The van der Waals surface area contributed by atoms with Crippen molar-refractivity contribution in [1.82, 2.24) is 14.9 Å². The van der Waals surface area contributed by atoms with E-state index < -0.39 is 0 Å². The van der Waals surface area contributed by atoms with Crippen molar-refractivity contribution >= 4 is 18.1 Å². The second kappa shape index (κ2) is 5.70. The van der Waals surface area contributed by atoms with Crippen LogP contribution in [0.25, 0.3) is 0 Å². The summed E-state index contributed by atoms with van der Waals surface area (Å²) >= 11 is 5.09. The number of hydrogen-bond donors (Lipinski definition) is 2. The first-order chi connectivity index (χ1) is 7.15. The number of nitrogens with one attached hydrogen (secondary N) is 2. The Kier molecular flexibility index (Phi) is 4.55. The molecule has 0 bridgehead atoms. The van der Waals surface area contributed by atoms with E-state index in [1.807, 2.05) is 24.6 Å². The molecule has 0 saturated carbocycles. The summed E-state index contributed by atoms with van der Waals surface area (Å²) in [7, 11) is 0. The average Bonchev–Trinajstić information content (AvgIpc) is 2.53. The molecule has 1 aromatic heterocycles. The van der Waals surface area contributed by atoms with Gasteiger partial charge in [0.1, 0.15) is 0 Å². The number of rotatable bonds is 5. The molecule has 84 valence electrons. The lowest BCUT2D eigenvalue weighted by Gasteiger charge is -2.05. The Hall–Kier alpha value is -1.10. The molecule has 2 N–H and O–H groups in total. The van der Waals surface area contributed by atoms with Crippen molar-refractivity contribution in [2.75, 3.05) is 6.54 Å². The number of carbonyl (C=O) groups is 1. The van der Waals surface area contributed by atoms with Gasteiger partial charge in [0.2, 0.25) is 5.91 Å². The van der Waals surface area contributed by atoms with Crippen molar-refractivity contribution in [3.05, 3.63) is 16.7 Å². The Morgan fingerprint density at radius 3 is 2.93 bits per heavy atom. The molecule has 1 heterocycles. The van der Waals surface area contributed by atoms with Crippen LogP contribution in [0.4, 0.5) is 0 Å². The Labute approximate surface area is 94.7 Å². The number of amides is 1. The van der Waals surface area contributed by atoms with E-state index in [9.17, 15) is 4.79 Å². The SMILES string of the molecule is CCCNC(=O)CCn1c(C)c[nH]c1=S. The minimum atomic E-state index is 0.0827. The molecule has 1 aromatic rings. The van der Waals surface area contributed by atoms with Crippen molar-refractivity contribution < 1.29 is 4.79 Å². The Morgan fingerprint density at radius 2 is 2.40 bits per heavy atom. The van der Waals surface area contributed by atoms with Gasteiger partial charge in [-0.1, -0.05) is 6.92 Å². The van der Waals surface area contributed by atoms with Crippen LogP contribution in [-0.4, -0.2) is 22.0 Å². The van der Waals surface area contributed by atoms with Crippen LogP contribution in [0.5, 0.6) is 0 Å². The molecule has 0 aliphatic carbocycles. The highest BCUT2D eigenvalue weighted by Gasteiger charge is 2.03. The highest BCUT2D eigenvalue weighted by Crippen LogP contribution is 2.01. The van der Waals surface area contributed by atoms with Gasteiger partial charge in [-0.3, -0.25) is 4.79 Å². The monoisotopic (exact) mass is 227 g/mol. The third kappa shape index (κ3) is 3.51. The highest BCUT2D eigenvalue weighted by molar-refractivity contribution is 7.71. The van der Waals surface area contributed by atoms with Crippen LogP contribution in [0, 0.1) is 11.7 Å². The van der Waals surface area contributed by atoms with Gasteiger partial charge in [0, 0.05) is 31.4 Å². The van der Waals surface area contributed by atoms with Crippen LogP contribution in [0.3, 0.4) is 0 Å². The first-order valence-electron chi connectivity index (χ1n) is 5.16. The van der Waals surface area contributed by atoms with Crippen molar-refractivity contribution in [1.29, 1.82) is 0 Å². The van der Waals surface area contributed by atoms with Crippen molar-refractivity contribution in [2.24, 2.45) is 0 Å². The third-order valence-corrected chi connectivity index (χ3v) is 2.55. The fourth-order valence-corrected chi connectivity index (χ4v) is 1.62. The van der Waals surface area contributed by atoms with Gasteiger partial charge in [0.05, 0.1) is 0 Å². The quantitative estimate of drug-likeness (QED) is 0.753. The van der Waals surface area contributed by atoms with Crippen molar-refractivity contribution in [3.8, 4) is 0 Å². The first-order valence-corrected chi connectivity index (χ1v) is 5.57. The van der Waals surface area contributed by atoms with Gasteiger partial charge in [-0.2, -0.15) is 0 Å². The number of aromatic amines is 1. The van der Waals surface area contributed by atoms with E-state index in [2.05, 4.69) is 10.3 Å². The van der Waals surface area contributed by atoms with Crippen molar-refractivity contribution in [3.63, 3.8) is 0 Å². The molecular weight excluding hydrogens is 210 g/mol. The normalized spacial score (nSPS) is 10.3. The molecule has 4 nitrogen and oxygen atoms in total. The van der Waals surface area contributed by atoms with Crippen LogP contribution in [-0.2, 0) is 11.3 Å². The molecule has 0 saturated heterocycles. The smallest absolute Gasteiger partial charge is 0.221 e. The number of imidazole rings is 1. The Morgan fingerprint density at radius 1 is 1.67 bits per heavy atom. The average molecular weight is 227 g/mol. The molecule has 0 fully saturated rings. The van der Waals surface area contributed by atoms with Gasteiger partial charge in [-0.15, -0.1) is 0 Å². The number of aryl methyl sites for hydroxylation is 1. The molecular formula is C10H17N3OS. The third-order valence-electron chi connectivity index (χ3n) is 2.21. The molecule has 5 heteroatoms. The first kappa shape index (κ1) is 12.0. The largest absolute Gasteiger partial charge is 0.356 e. The van der Waals surface area contributed by atoms with E-state index >= 15 is 0 Å². The van der Waals surface area contributed by atoms with Gasteiger partial charge >= 0.3 is 0 Å². The van der Waals surface area contributed by atoms with Gasteiger partial charge in [-0.05, 0) is 25.6 Å². The molecule has 15 heavy (non-hydrogen) atoms. The molecule has 0 aliphatic rings. The summed E-state index contributed by atoms with van der Waals surface area (Å²) in [6.07, 6.45) is 3.30. The van der Waals surface area contributed by atoms with E-state index in [0.717, 1.165) is 18.7 Å². The maximum Gasteiger partial charge on any atom is 0.221 e. The zero-order valence-corrected chi connectivity index (χ0v) is 9.99. The molecule has 0 unspecified atom stereocenters. The maximum absolute atomic E-state index is 11.4. The van der Waals surface area contributed by atoms with Gasteiger partial charge in [-0.25, -0.2) is 0 Å². The lowest BCUT2D eigenvalue weighted by Crippen LogP contribution is -2.25. The van der Waals surface area contributed by atoms with E-state index in [4.69, 9.17) is 12.2 Å². The maximum atomic E-state index is 11.4. The summed E-state index contributed by atoms with van der Waals surface area (Å²) in [6, 6.07) is 0. The van der Waals surface area contributed by atoms with Gasteiger partial charge in [0.25, 0.3) is 0 Å². The molecule has 0 aromatic carbocycles. The Balaban J connectivity index is 2.44. The second-order valence-corrected chi connectivity index (χ2v) is 3.87. The number of carbonyl (C=O) groups excluding carboxylic acids is 1. The predicted octanol–water partition coefficient (Wildman–Crippen LogP) is 1.77. The predicted molar refractivity (Wildman–Crippen MR) is 62.3 cm³/mol. The van der Waals surface area contributed by atoms with Crippen molar-refractivity contribution in [2.45, 2.75) is 33.2 Å². The second-order valence-electron chi connectivity index (χ2n) is 3.49. The van der Waals surface area contributed by atoms with Gasteiger partial charge in [0.15, 0.2) is 4.77 Å². The molecule has 1 amide bonds. The fraction of sp³-hybridized carbons (Fsp3) is 0.600. The summed E-state index contributed by atoms with van der Waals surface area (Å²) in [5.41, 5.74) is 1.06. The summed E-state index contributed by atoms with van der Waals surface area (Å²) < 4.78 is 2.61. The lowest BCUT2D eigenvalue weighted by atomic mass is 10.3. The summed E-state index contributed by atoms with van der Waals surface area (Å²) in [5, 5.41) is 2.84. The van der Waals surface area contributed by atoms with E-state index in [-0.39, 0.29) is 5.91 Å². The number of aromatic nitrogens is 2. The zero-order chi connectivity index (χ0) is 11.3. The van der Waals surface area contributed by atoms with Crippen LogP contribution >= 0.6 is 12.2 Å². The number of hydrogen-bond acceptors (Lipinski definition) is 2. The van der Waals surface area contributed by atoms with Crippen LogP contribution < -0.4 is 5.32 Å². The van der Waals surface area contributed by atoms with Crippen LogP contribution in [0.15, 0.2) is 6.20 Å². The zero-order valence-electron chi connectivity index (χ0n) is 9.17. The molecule has 0 atom stereocenters. The number of H-pyrrole nitrogens is 1. The molecule has 1 rings (SSSR count). The van der Waals surface area contributed by atoms with Gasteiger partial charge < -0.3 is 14.9 Å². The number of nitrogens with zero attached hydrogens (tertiary/aromatic N) is 1. The molecule has 0 aliphatic heterocycles. The van der Waals surface area contributed by atoms with Crippen LogP contribution in [0.1, 0.15) is 25.5 Å². The minimum Gasteiger partial charge on any atom is -0.356 e. The van der Waals surface area contributed by atoms with E-state index in [0.29, 0.717) is 17.7 Å². The standard InChI is InChI=1S/C10H17N3OS/c1-3-5-11-9(14)4-6-13-8(2)7-12-10(13)15/h7H,3-6H2,1-2H3,(H,11,14)(H,12,15). The highest BCUT2D eigenvalue weighted by atomic mass is 32.1. The lowest BCUT2D eigenvalue weighted by molar-refractivity contribution is -0.121. The summed E-state index contributed by atoms with van der Waals surface area (Å²) in [4.78, 5) is 14.3. The molecule has 0 radical (unpaired) electrons. The fourth-order valence-electron chi connectivity index (χ4n) is 1.33. The summed E-state index contributed by atoms with van der Waals surface area (Å²) in [5.74, 6) is 0.0827. The Bertz CT molecular complexity index is 380. The summed E-state index contributed by atoms with van der Waals surface area (Å²) in [6.45, 7) is 5.39. The minimum absolute atomic E-state index is 0.0827. The molecule has 0 spiro atoms. The van der Waals surface area contributed by atoms with E-state index in [1.165, 1.54) is 0 Å². The van der Waals surface area contributed by atoms with E-state index in [1.54, 1.807) is 0 Å². The van der Waals surface area contributed by atoms with Crippen LogP contribution in [0.2, 0.25) is 0 Å².